The van der Waals surface area contributed by atoms with Crippen molar-refractivity contribution in [3.8, 4) is 0 Å². The largest absolute Gasteiger partial charge is 0.461 e. The second-order valence-electron chi connectivity index (χ2n) is 29.9. The molecule has 13 N–H and O–H groups in total. The zero-order valence-electron chi connectivity index (χ0n) is 66.2. The predicted molar refractivity (Wildman–Crippen MR) is 404 cm³/mol. The molecule has 0 aromatic rings. The maximum atomic E-state index is 13.7. The van der Waals surface area contributed by atoms with Gasteiger partial charge in [0.2, 0.25) is 17.7 Å². The molecule has 3 aliphatic heterocycles. The number of hydrogen-bond donors (Lipinski definition) is 13. The number of hydrogen-bond acceptors (Lipinski definition) is 27. The van der Waals surface area contributed by atoms with Gasteiger partial charge in [-0.1, -0.05) is 161 Å². The Labute approximate surface area is 647 Å². The molecule has 634 valence electrons. The third-order valence-corrected chi connectivity index (χ3v) is 21.6. The van der Waals surface area contributed by atoms with Crippen LogP contribution < -0.4 is 16.0 Å². The first-order chi connectivity index (χ1) is 52.3. The highest BCUT2D eigenvalue weighted by Crippen LogP contribution is 2.44. The molecule has 10 unspecified atom stereocenters. The monoisotopic (exact) mass is 1580 g/mol. The van der Waals surface area contributed by atoms with E-state index in [0.717, 1.165) is 90.4 Å². The quantitative estimate of drug-likeness (QED) is 0.0133. The SMILES string of the molecule is CCCCCCCC/C=C\CCCCCCCC(=O)O[C@H](COC(=O)C(/C=C/CCCCCCCC)CCCCCC)COP(C)(=O)OCCNC(=O)CCCCC(=O)NCCCO[C@@H]1OC(CO)[C@@H](O[C@@H]2CC(C)[C@@H](O)C(O)[C@@H]2O)[C@H](O[C@@H]2OC(CO)[C@H](O)[C@H](O)C2O[C@@H]2OC(C)[C@@H](O)[C@H](O)C2O)C1NC(C)=O. The summed E-state index contributed by atoms with van der Waals surface area (Å²) in [6, 6.07) is -1.43. The molecule has 109 heavy (non-hydrogen) atoms. The van der Waals surface area contributed by atoms with Crippen molar-refractivity contribution in [3.05, 3.63) is 24.3 Å². The Kier molecular flexibility index (Phi) is 49.9. The Morgan fingerprint density at radius 1 is 0.514 bits per heavy atom. The number of unbranched alkanes of at least 4 members (excludes halogenated alkanes) is 21. The maximum absolute atomic E-state index is 13.7. The third kappa shape index (κ3) is 37.2. The minimum absolute atomic E-state index is 0.0209. The molecular weight excluding hydrogens is 1440 g/mol. The number of rotatable bonds is 58. The van der Waals surface area contributed by atoms with Crippen LogP contribution in [0.5, 0.6) is 0 Å². The lowest BCUT2D eigenvalue weighted by atomic mass is 9.81. The molecule has 0 radical (unpaired) electrons. The van der Waals surface area contributed by atoms with Crippen LogP contribution in [0.2, 0.25) is 0 Å². The molecule has 0 bridgehead atoms. The lowest BCUT2D eigenvalue weighted by molar-refractivity contribution is -0.384. The lowest BCUT2D eigenvalue weighted by Gasteiger charge is -2.51. The summed E-state index contributed by atoms with van der Waals surface area (Å²) >= 11 is 0. The Balaban J connectivity index is 1.28. The fourth-order valence-electron chi connectivity index (χ4n) is 13.7. The first-order valence-corrected chi connectivity index (χ1v) is 42.9. The Hall–Kier alpha value is -3.70. The summed E-state index contributed by atoms with van der Waals surface area (Å²) in [5.41, 5.74) is 0. The highest BCUT2D eigenvalue weighted by atomic mass is 31.2. The fourth-order valence-corrected chi connectivity index (χ4v) is 14.6. The van der Waals surface area contributed by atoms with Gasteiger partial charge in [-0.05, 0) is 89.9 Å². The predicted octanol–water partition coefficient (Wildman–Crippen LogP) is 6.56. The number of nitrogens with one attached hydrogen (secondary N) is 3. The molecule has 1 saturated carbocycles. The van der Waals surface area contributed by atoms with Crippen molar-refractivity contribution in [2.24, 2.45) is 11.8 Å². The van der Waals surface area contributed by atoms with Gasteiger partial charge in [0.1, 0.15) is 85.9 Å². The number of allylic oxidation sites excluding steroid dienone is 3. The van der Waals surface area contributed by atoms with Gasteiger partial charge in [0, 0.05) is 45.9 Å². The number of esters is 2. The van der Waals surface area contributed by atoms with Crippen molar-refractivity contribution in [1.29, 1.82) is 0 Å². The Bertz CT molecular complexity index is 2600. The van der Waals surface area contributed by atoms with Gasteiger partial charge in [-0.15, -0.1) is 0 Å². The summed E-state index contributed by atoms with van der Waals surface area (Å²) in [5, 5.41) is 116. The average molecular weight is 1580 g/mol. The van der Waals surface area contributed by atoms with Crippen LogP contribution in [0.15, 0.2) is 24.3 Å². The first-order valence-electron chi connectivity index (χ1n) is 40.9. The molecule has 4 rings (SSSR count). The zero-order valence-corrected chi connectivity index (χ0v) is 67.0. The van der Waals surface area contributed by atoms with Crippen LogP contribution in [0.3, 0.4) is 0 Å². The highest BCUT2D eigenvalue weighted by molar-refractivity contribution is 7.52. The molecule has 0 spiro atoms. The van der Waals surface area contributed by atoms with E-state index < -0.39 is 173 Å². The lowest BCUT2D eigenvalue weighted by Crippen LogP contribution is -2.70. The van der Waals surface area contributed by atoms with Gasteiger partial charge in [0.05, 0.1) is 57.3 Å². The van der Waals surface area contributed by atoms with Crippen LogP contribution in [-0.2, 0) is 80.2 Å². The Morgan fingerprint density at radius 2 is 1.06 bits per heavy atom. The number of ether oxygens (including phenoxy) is 9. The van der Waals surface area contributed by atoms with Crippen molar-refractivity contribution in [2.45, 2.75) is 370 Å². The van der Waals surface area contributed by atoms with Crippen LogP contribution in [-0.4, -0.2) is 263 Å². The molecule has 1 aliphatic carbocycles. The van der Waals surface area contributed by atoms with Gasteiger partial charge in [-0.3, -0.25) is 28.5 Å². The number of amides is 3. The molecule has 3 amide bonds. The topological polar surface area (TPSA) is 442 Å². The molecule has 3 saturated heterocycles. The van der Waals surface area contributed by atoms with Crippen LogP contribution in [0, 0.1) is 11.8 Å². The Morgan fingerprint density at radius 3 is 1.66 bits per heavy atom. The molecule has 3 heterocycles. The van der Waals surface area contributed by atoms with Crippen molar-refractivity contribution in [3.63, 3.8) is 0 Å². The van der Waals surface area contributed by atoms with E-state index in [1.165, 1.54) is 77.8 Å². The molecule has 4 aliphatic rings. The second kappa shape index (κ2) is 55.7. The number of carbonyl (C=O) groups excluding carboxylic acids is 5. The van der Waals surface area contributed by atoms with Crippen molar-refractivity contribution in [1.82, 2.24) is 16.0 Å². The van der Waals surface area contributed by atoms with Gasteiger partial charge in [0.25, 0.3) is 0 Å². The van der Waals surface area contributed by atoms with E-state index in [4.69, 9.17) is 51.7 Å². The summed E-state index contributed by atoms with van der Waals surface area (Å²) in [6.45, 7) is 9.31. The van der Waals surface area contributed by atoms with Gasteiger partial charge < -0.3 is 119 Å². The summed E-state index contributed by atoms with van der Waals surface area (Å²) < 4.78 is 79.4. The van der Waals surface area contributed by atoms with E-state index in [2.05, 4.69) is 54.9 Å². The molecular formula is C78H140N3O27P. The number of aliphatic hydroxyl groups is 10. The van der Waals surface area contributed by atoms with Gasteiger partial charge in [-0.25, -0.2) is 0 Å². The molecule has 4 fully saturated rings. The van der Waals surface area contributed by atoms with Crippen molar-refractivity contribution in [2.75, 3.05) is 59.4 Å². The zero-order chi connectivity index (χ0) is 80.1. The first kappa shape index (κ1) is 97.7. The van der Waals surface area contributed by atoms with E-state index in [0.29, 0.717) is 25.7 Å². The molecule has 23 atom stereocenters. The van der Waals surface area contributed by atoms with E-state index in [1.54, 1.807) is 6.92 Å². The van der Waals surface area contributed by atoms with Gasteiger partial charge >= 0.3 is 19.5 Å². The molecule has 31 heteroatoms. The summed E-state index contributed by atoms with van der Waals surface area (Å²) in [5.74, 6) is -3.37. The maximum Gasteiger partial charge on any atom is 0.327 e. The minimum atomic E-state index is -3.79. The number of carbonyl (C=O) groups is 5. The highest BCUT2D eigenvalue weighted by Gasteiger charge is 2.56. The van der Waals surface area contributed by atoms with Crippen molar-refractivity contribution >= 4 is 37.3 Å². The smallest absolute Gasteiger partial charge is 0.327 e. The molecule has 0 aromatic heterocycles. The standard InChI is InChI=1S/C78H140N3O27P/c1-8-11-14-17-19-21-22-23-24-25-26-27-29-31-34-42-62(87)103-56(50-99-75(96)55(38-32-16-13-10-3)39-33-30-28-20-18-15-12-9-2)51-101-109(7,97)100-46-44-80-61(86)41-36-35-40-60(85)79-43-37-45-98-76-63(81-54(6)84)73(72(59(49-83)106-76)104-57-47-52(4)64(88)68(92)66(57)90)107-78-74(70(94)67(91)58(48-82)105-78)108-77-71(95)69(93)65(89)53(5)102-77/h23-24,33,39,52-53,55-59,63-74,76-78,82-83,88-95H,8-22,25-32,34-38,40-51H2,1-7H3,(H,79,85)(H,80,86)(H,81,84)/b24-23-,39-33+/t52?,53?,55?,56-,57-,58?,59?,63?,64-,65-,66-,67+,68?,69+,70+,71?,72-,73-,74?,76-,77+,78+,109?/m1/s1. The second-order valence-corrected chi connectivity index (χ2v) is 32.0. The van der Waals surface area contributed by atoms with Crippen LogP contribution in [0.4, 0.5) is 0 Å². The normalized spacial score (nSPS) is 29.9. The van der Waals surface area contributed by atoms with Crippen molar-refractivity contribution < 1.29 is 131 Å². The van der Waals surface area contributed by atoms with Crippen LogP contribution in [0.1, 0.15) is 247 Å². The third-order valence-electron chi connectivity index (χ3n) is 20.4. The minimum Gasteiger partial charge on any atom is -0.461 e. The van der Waals surface area contributed by atoms with E-state index in [9.17, 15) is 79.6 Å². The number of aliphatic hydroxyl groups excluding tert-OH is 10. The van der Waals surface area contributed by atoms with Gasteiger partial charge in [0.15, 0.2) is 25.0 Å². The fraction of sp³-hybridized carbons (Fsp3) is 0.885. The average Bonchev–Trinajstić information content (AvgIpc) is 0.765. The van der Waals surface area contributed by atoms with Crippen LogP contribution >= 0.6 is 7.60 Å². The molecule has 30 nitrogen and oxygen atoms in total. The summed E-state index contributed by atoms with van der Waals surface area (Å²) in [4.78, 5) is 65.9. The van der Waals surface area contributed by atoms with E-state index in [1.807, 2.05) is 6.08 Å². The van der Waals surface area contributed by atoms with E-state index >= 15 is 0 Å². The van der Waals surface area contributed by atoms with Gasteiger partial charge in [-0.2, -0.15) is 0 Å². The van der Waals surface area contributed by atoms with Crippen LogP contribution in [0.25, 0.3) is 0 Å². The summed E-state index contributed by atoms with van der Waals surface area (Å²) in [7, 11) is -3.79. The molecule has 0 aromatic carbocycles. The summed E-state index contributed by atoms with van der Waals surface area (Å²) in [6.07, 6.45) is 6.19. The van der Waals surface area contributed by atoms with E-state index in [-0.39, 0.29) is 83.4 Å².